The standard InChI is InChI=1S/C24H27N3O3/c1-5-21(24(29)25-20-9-7-8-10-22(20)30-6-2)27-23(28)14-13-19(26-27)18-15-16(3)11-12-17(18)4/h7-15,21H,5-6H2,1-4H3,(H,25,29). The summed E-state index contributed by atoms with van der Waals surface area (Å²) in [4.78, 5) is 25.6. The summed E-state index contributed by atoms with van der Waals surface area (Å²) in [5.74, 6) is 0.282. The number of ether oxygens (including phenoxy) is 1. The number of carbonyl (C=O) groups is 1. The summed E-state index contributed by atoms with van der Waals surface area (Å²) in [7, 11) is 0. The van der Waals surface area contributed by atoms with Gasteiger partial charge in [0.15, 0.2) is 0 Å². The van der Waals surface area contributed by atoms with Gasteiger partial charge in [0.2, 0.25) is 5.91 Å². The average molecular weight is 405 g/mol. The fourth-order valence-electron chi connectivity index (χ4n) is 3.34. The summed E-state index contributed by atoms with van der Waals surface area (Å²) < 4.78 is 6.86. The van der Waals surface area contributed by atoms with Crippen LogP contribution in [-0.4, -0.2) is 22.3 Å². The van der Waals surface area contributed by atoms with Crippen molar-refractivity contribution in [2.24, 2.45) is 0 Å². The number of hydrogen-bond donors (Lipinski definition) is 1. The van der Waals surface area contributed by atoms with Crippen LogP contribution in [0.3, 0.4) is 0 Å². The number of nitrogens with one attached hydrogen (secondary N) is 1. The quantitative estimate of drug-likeness (QED) is 0.627. The fourth-order valence-corrected chi connectivity index (χ4v) is 3.34. The second-order valence-electron chi connectivity index (χ2n) is 7.16. The smallest absolute Gasteiger partial charge is 0.267 e. The summed E-state index contributed by atoms with van der Waals surface area (Å²) in [5, 5.41) is 7.44. The molecule has 6 heteroatoms. The Balaban J connectivity index is 1.96. The van der Waals surface area contributed by atoms with Gasteiger partial charge in [-0.3, -0.25) is 9.59 Å². The van der Waals surface area contributed by atoms with E-state index in [0.29, 0.717) is 30.2 Å². The minimum atomic E-state index is -0.739. The molecule has 0 spiro atoms. The molecule has 0 aliphatic carbocycles. The van der Waals surface area contributed by atoms with Crippen LogP contribution in [0.2, 0.25) is 0 Å². The first-order valence-corrected chi connectivity index (χ1v) is 10.1. The van der Waals surface area contributed by atoms with E-state index in [2.05, 4.69) is 10.4 Å². The maximum atomic E-state index is 13.1. The number of aryl methyl sites for hydroxylation is 2. The molecule has 1 atom stereocenters. The lowest BCUT2D eigenvalue weighted by atomic mass is 10.0. The lowest BCUT2D eigenvalue weighted by molar-refractivity contribution is -0.119. The first kappa shape index (κ1) is 21.3. The van der Waals surface area contributed by atoms with Crippen LogP contribution < -0.4 is 15.6 Å². The second-order valence-corrected chi connectivity index (χ2v) is 7.16. The van der Waals surface area contributed by atoms with Crippen LogP contribution in [0.5, 0.6) is 5.75 Å². The van der Waals surface area contributed by atoms with Gasteiger partial charge in [-0.25, -0.2) is 4.68 Å². The maximum absolute atomic E-state index is 13.1. The Labute approximate surface area is 176 Å². The highest BCUT2D eigenvalue weighted by Crippen LogP contribution is 2.26. The van der Waals surface area contributed by atoms with Crippen molar-refractivity contribution in [2.75, 3.05) is 11.9 Å². The van der Waals surface area contributed by atoms with Crippen LogP contribution in [0.1, 0.15) is 37.4 Å². The zero-order valence-corrected chi connectivity index (χ0v) is 17.8. The summed E-state index contributed by atoms with van der Waals surface area (Å²) in [6.07, 6.45) is 0.422. The molecule has 0 saturated carbocycles. The van der Waals surface area contributed by atoms with Gasteiger partial charge in [-0.15, -0.1) is 0 Å². The molecule has 0 bridgehead atoms. The molecule has 3 aromatic rings. The first-order chi connectivity index (χ1) is 14.4. The minimum Gasteiger partial charge on any atom is -0.492 e. The number of carbonyl (C=O) groups excluding carboxylic acids is 1. The second kappa shape index (κ2) is 9.39. The molecule has 156 valence electrons. The molecule has 1 aromatic heterocycles. The maximum Gasteiger partial charge on any atom is 0.267 e. The number of nitrogens with zero attached hydrogens (tertiary/aromatic N) is 2. The Hall–Kier alpha value is -3.41. The van der Waals surface area contributed by atoms with E-state index in [1.165, 1.54) is 10.7 Å². The van der Waals surface area contributed by atoms with Gasteiger partial charge in [0.25, 0.3) is 5.56 Å². The van der Waals surface area contributed by atoms with Gasteiger partial charge in [0.1, 0.15) is 11.8 Å². The number of anilines is 1. The van der Waals surface area contributed by atoms with E-state index >= 15 is 0 Å². The van der Waals surface area contributed by atoms with Crippen molar-refractivity contribution in [3.63, 3.8) is 0 Å². The summed E-state index contributed by atoms with van der Waals surface area (Å²) >= 11 is 0. The third-order valence-corrected chi connectivity index (χ3v) is 4.92. The predicted molar refractivity (Wildman–Crippen MR) is 119 cm³/mol. The molecular weight excluding hydrogens is 378 g/mol. The molecule has 2 aromatic carbocycles. The Bertz CT molecular complexity index is 1100. The summed E-state index contributed by atoms with van der Waals surface area (Å²) in [6.45, 7) is 8.24. The van der Waals surface area contributed by atoms with Crippen molar-refractivity contribution in [3.05, 3.63) is 76.1 Å². The molecule has 1 unspecified atom stereocenters. The van der Waals surface area contributed by atoms with Crippen molar-refractivity contribution in [2.45, 2.75) is 40.2 Å². The zero-order chi connectivity index (χ0) is 21.7. The van der Waals surface area contributed by atoms with Crippen molar-refractivity contribution in [1.29, 1.82) is 0 Å². The molecule has 1 amide bonds. The molecule has 3 rings (SSSR count). The van der Waals surface area contributed by atoms with Gasteiger partial charge < -0.3 is 10.1 Å². The summed E-state index contributed by atoms with van der Waals surface area (Å²) in [6, 6.07) is 15.8. The number of benzene rings is 2. The molecular formula is C24H27N3O3. The SMILES string of the molecule is CCOc1ccccc1NC(=O)C(CC)n1nc(-c2cc(C)ccc2C)ccc1=O. The number of hydrogen-bond acceptors (Lipinski definition) is 4. The van der Waals surface area contributed by atoms with E-state index in [4.69, 9.17) is 4.74 Å². The number of aromatic nitrogens is 2. The normalized spacial score (nSPS) is 11.7. The summed E-state index contributed by atoms with van der Waals surface area (Å²) in [5.41, 5.74) is 4.03. The molecule has 0 radical (unpaired) electrons. The molecule has 30 heavy (non-hydrogen) atoms. The average Bonchev–Trinajstić information content (AvgIpc) is 2.73. The van der Waals surface area contributed by atoms with Crippen molar-refractivity contribution in [1.82, 2.24) is 9.78 Å². The zero-order valence-electron chi connectivity index (χ0n) is 17.8. The van der Waals surface area contributed by atoms with Gasteiger partial charge in [-0.1, -0.05) is 36.8 Å². The molecule has 1 N–H and O–H groups in total. The Morgan fingerprint density at radius 2 is 1.87 bits per heavy atom. The van der Waals surface area contributed by atoms with Gasteiger partial charge in [-0.2, -0.15) is 5.10 Å². The first-order valence-electron chi connectivity index (χ1n) is 10.1. The van der Waals surface area contributed by atoms with E-state index in [1.807, 2.05) is 58.0 Å². The lowest BCUT2D eigenvalue weighted by Gasteiger charge is -2.19. The van der Waals surface area contributed by atoms with Crippen molar-refractivity contribution >= 4 is 11.6 Å². The highest BCUT2D eigenvalue weighted by Gasteiger charge is 2.22. The van der Waals surface area contributed by atoms with Gasteiger partial charge in [0.05, 0.1) is 18.0 Å². The molecule has 0 fully saturated rings. The molecule has 0 aliphatic rings. The van der Waals surface area contributed by atoms with E-state index in [-0.39, 0.29) is 11.5 Å². The molecule has 6 nitrogen and oxygen atoms in total. The number of rotatable bonds is 7. The van der Waals surface area contributed by atoms with Crippen molar-refractivity contribution in [3.8, 4) is 17.0 Å². The van der Waals surface area contributed by atoms with Crippen LogP contribution in [0.15, 0.2) is 59.4 Å². The highest BCUT2D eigenvalue weighted by molar-refractivity contribution is 5.95. The van der Waals surface area contributed by atoms with Crippen molar-refractivity contribution < 1.29 is 9.53 Å². The topological polar surface area (TPSA) is 73.2 Å². The minimum absolute atomic E-state index is 0.308. The Kier molecular flexibility index (Phi) is 6.67. The predicted octanol–water partition coefficient (Wildman–Crippen LogP) is 4.52. The highest BCUT2D eigenvalue weighted by atomic mass is 16.5. The molecule has 0 saturated heterocycles. The van der Waals surface area contributed by atoms with Crippen LogP contribution in [0, 0.1) is 13.8 Å². The van der Waals surface area contributed by atoms with Gasteiger partial charge in [0, 0.05) is 11.6 Å². The van der Waals surface area contributed by atoms with Crippen LogP contribution in [-0.2, 0) is 4.79 Å². The Morgan fingerprint density at radius 1 is 1.10 bits per heavy atom. The largest absolute Gasteiger partial charge is 0.492 e. The van der Waals surface area contributed by atoms with Crippen LogP contribution in [0.25, 0.3) is 11.3 Å². The monoisotopic (exact) mass is 405 g/mol. The third-order valence-electron chi connectivity index (χ3n) is 4.92. The van der Waals surface area contributed by atoms with Crippen LogP contribution >= 0.6 is 0 Å². The lowest BCUT2D eigenvalue weighted by Crippen LogP contribution is -2.34. The van der Waals surface area contributed by atoms with Crippen LogP contribution in [0.4, 0.5) is 5.69 Å². The fraction of sp³-hybridized carbons (Fsp3) is 0.292. The van der Waals surface area contributed by atoms with Gasteiger partial charge >= 0.3 is 0 Å². The van der Waals surface area contributed by atoms with E-state index in [1.54, 1.807) is 18.2 Å². The molecule has 1 heterocycles. The number of amides is 1. The number of para-hydroxylation sites is 2. The third kappa shape index (κ3) is 4.59. The van der Waals surface area contributed by atoms with E-state index in [0.717, 1.165) is 16.7 Å². The Morgan fingerprint density at radius 3 is 2.60 bits per heavy atom. The van der Waals surface area contributed by atoms with Gasteiger partial charge in [-0.05, 0) is 57.0 Å². The van der Waals surface area contributed by atoms with E-state index in [9.17, 15) is 9.59 Å². The van der Waals surface area contributed by atoms with E-state index < -0.39 is 6.04 Å². The molecule has 0 aliphatic heterocycles.